The number of aryl methyl sites for hydroxylation is 1. The van der Waals surface area contributed by atoms with Crippen molar-refractivity contribution in [1.82, 2.24) is 5.32 Å². The number of fused-ring (bicyclic) bond motifs is 2. The van der Waals surface area contributed by atoms with Crippen LogP contribution in [0.3, 0.4) is 0 Å². The number of nitrogens with one attached hydrogen (secondary N) is 2. The van der Waals surface area contributed by atoms with Crippen LogP contribution in [0.2, 0.25) is 13.1 Å². The summed E-state index contributed by atoms with van der Waals surface area (Å²) in [7, 11) is 0.149. The van der Waals surface area contributed by atoms with E-state index in [4.69, 9.17) is 4.74 Å². The minimum Gasteiger partial charge on any atom is -0.458 e. The summed E-state index contributed by atoms with van der Waals surface area (Å²) in [6, 6.07) is 12.8. The number of para-hydroxylation sites is 1. The molecular weight excluding hydrogens is 288 g/mol. The van der Waals surface area contributed by atoms with E-state index in [0.717, 1.165) is 17.2 Å². The van der Waals surface area contributed by atoms with Crippen LogP contribution in [0.4, 0.5) is 5.69 Å². The van der Waals surface area contributed by atoms with Gasteiger partial charge in [-0.1, -0.05) is 31.3 Å². The Bertz CT molecular complexity index is 738. The van der Waals surface area contributed by atoms with Crippen molar-refractivity contribution in [3.63, 3.8) is 0 Å². The topological polar surface area (TPSA) is 33.3 Å². The lowest BCUT2D eigenvalue weighted by molar-refractivity contribution is 0.486. The molecule has 2 aromatic rings. The quantitative estimate of drug-likeness (QED) is 0.855. The van der Waals surface area contributed by atoms with Gasteiger partial charge in [0.05, 0.1) is 0 Å². The van der Waals surface area contributed by atoms with Gasteiger partial charge in [0.15, 0.2) is 0 Å². The van der Waals surface area contributed by atoms with E-state index in [1.165, 1.54) is 15.9 Å². The highest BCUT2D eigenvalue weighted by atomic mass is 28.3. The highest BCUT2D eigenvalue weighted by molar-refractivity contribution is 7.01. The molecule has 1 heterocycles. The second-order valence-corrected chi connectivity index (χ2v) is 10.5. The summed E-state index contributed by atoms with van der Waals surface area (Å²) in [6.07, 6.45) is 3.80. The van der Waals surface area contributed by atoms with E-state index >= 15 is 0 Å². The van der Waals surface area contributed by atoms with E-state index in [1.807, 2.05) is 25.5 Å². The zero-order chi connectivity index (χ0) is 15.7. The molecule has 0 saturated heterocycles. The fraction of sp³-hybridized carbons (Fsp3) is 0.222. The van der Waals surface area contributed by atoms with Crippen molar-refractivity contribution in [3.8, 4) is 11.5 Å². The second-order valence-electron chi connectivity index (χ2n) is 6.15. The largest absolute Gasteiger partial charge is 0.458 e. The summed E-state index contributed by atoms with van der Waals surface area (Å²) in [5.41, 5.74) is 2.32. The van der Waals surface area contributed by atoms with Crippen LogP contribution in [0, 0.1) is 6.92 Å². The van der Waals surface area contributed by atoms with Crippen LogP contribution in [0.1, 0.15) is 5.56 Å². The molecule has 0 aromatic heterocycles. The maximum atomic E-state index is 6.15. The lowest BCUT2D eigenvalue weighted by Gasteiger charge is -2.33. The zero-order valence-electron chi connectivity index (χ0n) is 13.5. The molecule has 0 fully saturated rings. The van der Waals surface area contributed by atoms with Gasteiger partial charge < -0.3 is 15.4 Å². The summed E-state index contributed by atoms with van der Waals surface area (Å²) >= 11 is 0. The smallest absolute Gasteiger partial charge is 0.127 e. The lowest BCUT2D eigenvalue weighted by atomic mass is 10.2. The van der Waals surface area contributed by atoms with Gasteiger partial charge in [0.25, 0.3) is 0 Å². The Balaban J connectivity index is 2.08. The summed E-state index contributed by atoms with van der Waals surface area (Å²) < 4.78 is 6.15. The van der Waals surface area contributed by atoms with E-state index in [9.17, 15) is 0 Å². The second kappa shape index (κ2) is 5.53. The molecule has 0 unspecified atom stereocenters. The fourth-order valence-electron chi connectivity index (χ4n) is 2.96. The molecule has 0 saturated carbocycles. The molecule has 2 N–H and O–H groups in total. The highest BCUT2D eigenvalue weighted by Crippen LogP contribution is 2.31. The maximum Gasteiger partial charge on any atom is 0.127 e. The summed E-state index contributed by atoms with van der Waals surface area (Å²) in [6.45, 7) is 6.87. The lowest BCUT2D eigenvalue weighted by Crippen LogP contribution is -2.56. The molecule has 0 aliphatic carbocycles. The molecule has 1 aliphatic rings. The van der Waals surface area contributed by atoms with Crippen LogP contribution < -0.4 is 25.7 Å². The molecule has 0 amide bonds. The van der Waals surface area contributed by atoms with Crippen molar-refractivity contribution in [2.45, 2.75) is 20.0 Å². The minimum atomic E-state index is -1.74. The number of ether oxygens (including phenoxy) is 1. The van der Waals surface area contributed by atoms with Gasteiger partial charge >= 0.3 is 0 Å². The Morgan fingerprint density at radius 3 is 2.55 bits per heavy atom. The SMILES string of the molecule is CN/C=C\Nc1cc2c(cc1C)Oc1ccccc1[Si]2(C)C. The van der Waals surface area contributed by atoms with Crippen molar-refractivity contribution < 1.29 is 4.74 Å². The number of rotatable bonds is 3. The van der Waals surface area contributed by atoms with Gasteiger partial charge in [-0.25, -0.2) is 0 Å². The van der Waals surface area contributed by atoms with Crippen molar-refractivity contribution in [2.75, 3.05) is 12.4 Å². The van der Waals surface area contributed by atoms with Crippen molar-refractivity contribution in [1.29, 1.82) is 0 Å². The van der Waals surface area contributed by atoms with Gasteiger partial charge in [-0.15, -0.1) is 0 Å². The first-order valence-corrected chi connectivity index (χ1v) is 10.6. The van der Waals surface area contributed by atoms with Crippen LogP contribution in [0.5, 0.6) is 11.5 Å². The monoisotopic (exact) mass is 310 g/mol. The minimum absolute atomic E-state index is 1.01. The van der Waals surface area contributed by atoms with Crippen LogP contribution in [-0.2, 0) is 0 Å². The first-order chi connectivity index (χ1) is 10.5. The Kier molecular flexibility index (Phi) is 3.70. The number of anilines is 1. The first kappa shape index (κ1) is 14.7. The predicted molar refractivity (Wildman–Crippen MR) is 96.3 cm³/mol. The average Bonchev–Trinajstić information content (AvgIpc) is 2.49. The third-order valence-corrected chi connectivity index (χ3v) is 7.77. The Hall–Kier alpha value is -2.20. The molecule has 0 radical (unpaired) electrons. The molecule has 3 rings (SSSR count). The summed E-state index contributed by atoms with van der Waals surface area (Å²) in [4.78, 5) is 0. The maximum absolute atomic E-state index is 6.15. The van der Waals surface area contributed by atoms with Gasteiger partial charge in [-0.2, -0.15) is 0 Å². The average molecular weight is 310 g/mol. The fourth-order valence-corrected chi connectivity index (χ4v) is 5.76. The van der Waals surface area contributed by atoms with E-state index < -0.39 is 8.07 Å². The first-order valence-electron chi connectivity index (χ1n) is 7.55. The molecule has 3 nitrogen and oxygen atoms in total. The standard InChI is InChI=1S/C18H22N2OSi/c1-13-11-16-18(12-14(13)20-10-9-19-2)22(3,4)17-8-6-5-7-15(17)21-16/h5-12,19-20H,1-4H3/b10-9-. The molecule has 22 heavy (non-hydrogen) atoms. The van der Waals surface area contributed by atoms with Gasteiger partial charge in [-0.05, 0) is 41.1 Å². The molecule has 1 aliphatic heterocycles. The molecule has 2 aromatic carbocycles. The van der Waals surface area contributed by atoms with Gasteiger partial charge in [-0.3, -0.25) is 0 Å². The van der Waals surface area contributed by atoms with Crippen molar-refractivity contribution in [3.05, 3.63) is 54.4 Å². The molecular formula is C18H22N2OSi. The molecule has 114 valence electrons. The van der Waals surface area contributed by atoms with E-state index in [0.29, 0.717) is 0 Å². The zero-order valence-corrected chi connectivity index (χ0v) is 14.5. The predicted octanol–water partition coefficient (Wildman–Crippen LogP) is 3.03. The van der Waals surface area contributed by atoms with Crippen LogP contribution in [0.15, 0.2) is 48.8 Å². The highest BCUT2D eigenvalue weighted by Gasteiger charge is 2.36. The van der Waals surface area contributed by atoms with Gasteiger partial charge in [0.2, 0.25) is 0 Å². The van der Waals surface area contributed by atoms with Crippen LogP contribution in [0.25, 0.3) is 0 Å². The molecule has 0 spiro atoms. The third kappa shape index (κ3) is 2.39. The van der Waals surface area contributed by atoms with E-state index in [1.54, 1.807) is 0 Å². The number of benzene rings is 2. The Morgan fingerprint density at radius 2 is 1.77 bits per heavy atom. The van der Waals surface area contributed by atoms with Crippen LogP contribution >= 0.6 is 0 Å². The number of hydrogen-bond donors (Lipinski definition) is 2. The Labute approximate surface area is 133 Å². The normalized spacial score (nSPS) is 14.9. The molecule has 4 heteroatoms. The Morgan fingerprint density at radius 1 is 1.00 bits per heavy atom. The van der Waals surface area contributed by atoms with Gasteiger partial charge in [0.1, 0.15) is 19.6 Å². The van der Waals surface area contributed by atoms with E-state index in [2.05, 4.69) is 61.0 Å². The molecule has 0 bridgehead atoms. The van der Waals surface area contributed by atoms with Crippen molar-refractivity contribution in [2.24, 2.45) is 0 Å². The summed E-state index contributed by atoms with van der Waals surface area (Å²) in [5, 5.41) is 9.05. The van der Waals surface area contributed by atoms with E-state index in [-0.39, 0.29) is 0 Å². The number of hydrogen-bond acceptors (Lipinski definition) is 3. The third-order valence-electron chi connectivity index (χ3n) is 4.27. The van der Waals surface area contributed by atoms with Crippen molar-refractivity contribution >= 4 is 24.1 Å². The summed E-state index contributed by atoms with van der Waals surface area (Å²) in [5.74, 6) is 2.03. The molecule has 0 atom stereocenters. The van der Waals surface area contributed by atoms with Crippen LogP contribution in [-0.4, -0.2) is 15.1 Å². The van der Waals surface area contributed by atoms with Gasteiger partial charge in [0, 0.05) is 25.1 Å².